The number of hydrogen-bond donors (Lipinski definition) is 1. The van der Waals surface area contributed by atoms with Crippen LogP contribution in [0.5, 0.6) is 0 Å². The second-order valence-corrected chi connectivity index (χ2v) is 5.01. The number of aliphatic hydroxyl groups is 1. The maximum atomic E-state index is 10.5. The molecular formula is C14H18N4O. The smallest absolute Gasteiger partial charge is 0.147 e. The maximum Gasteiger partial charge on any atom is 0.147 e. The van der Waals surface area contributed by atoms with Crippen molar-refractivity contribution in [1.82, 2.24) is 19.7 Å². The highest BCUT2D eigenvalue weighted by molar-refractivity contribution is 5.18. The minimum absolute atomic E-state index is 0.0628. The van der Waals surface area contributed by atoms with E-state index in [2.05, 4.69) is 26.6 Å². The second kappa shape index (κ2) is 5.11. The average molecular weight is 258 g/mol. The first-order valence-corrected chi connectivity index (χ1v) is 6.59. The summed E-state index contributed by atoms with van der Waals surface area (Å²) < 4.78 is 2.07. The van der Waals surface area contributed by atoms with E-state index in [-0.39, 0.29) is 6.04 Å². The zero-order chi connectivity index (χ0) is 13.2. The summed E-state index contributed by atoms with van der Waals surface area (Å²) in [7, 11) is 0. The number of rotatable bonds is 3. The van der Waals surface area contributed by atoms with Crippen LogP contribution in [0.15, 0.2) is 36.7 Å². The van der Waals surface area contributed by atoms with Gasteiger partial charge in [-0.1, -0.05) is 30.3 Å². The Morgan fingerprint density at radius 1 is 1.21 bits per heavy atom. The molecule has 0 bridgehead atoms. The maximum absolute atomic E-state index is 10.5. The Morgan fingerprint density at radius 3 is 2.79 bits per heavy atom. The molecule has 0 spiro atoms. The van der Waals surface area contributed by atoms with Crippen LogP contribution in [0.3, 0.4) is 0 Å². The quantitative estimate of drug-likeness (QED) is 0.899. The van der Waals surface area contributed by atoms with Gasteiger partial charge in [0.25, 0.3) is 0 Å². The number of fused-ring (bicyclic) bond motifs is 1. The van der Waals surface area contributed by atoms with E-state index in [9.17, 15) is 5.11 Å². The van der Waals surface area contributed by atoms with Crippen molar-refractivity contribution in [3.8, 4) is 0 Å². The van der Waals surface area contributed by atoms with Crippen molar-refractivity contribution < 1.29 is 5.11 Å². The molecule has 3 rings (SSSR count). The molecule has 2 heterocycles. The van der Waals surface area contributed by atoms with Crippen LogP contribution in [-0.4, -0.2) is 37.4 Å². The molecule has 100 valence electrons. The van der Waals surface area contributed by atoms with Crippen LogP contribution >= 0.6 is 0 Å². The highest BCUT2D eigenvalue weighted by Gasteiger charge is 2.27. The fourth-order valence-electron chi connectivity index (χ4n) is 2.56. The largest absolute Gasteiger partial charge is 0.387 e. The third-order valence-electron chi connectivity index (χ3n) is 3.84. The first-order valence-electron chi connectivity index (χ1n) is 6.59. The molecule has 5 heteroatoms. The zero-order valence-electron chi connectivity index (χ0n) is 11.0. The Balaban J connectivity index is 1.73. The van der Waals surface area contributed by atoms with Gasteiger partial charge in [0.05, 0.1) is 12.6 Å². The van der Waals surface area contributed by atoms with Gasteiger partial charge in [-0.15, -0.1) is 10.2 Å². The summed E-state index contributed by atoms with van der Waals surface area (Å²) in [4.78, 5) is 2.25. The van der Waals surface area contributed by atoms with Gasteiger partial charge in [-0.05, 0) is 12.5 Å². The average Bonchev–Trinajstić information content (AvgIpc) is 2.94. The molecule has 0 radical (unpaired) electrons. The lowest BCUT2D eigenvalue weighted by Crippen LogP contribution is -2.42. The normalized spacial score (nSPS) is 18.8. The minimum Gasteiger partial charge on any atom is -0.387 e. The van der Waals surface area contributed by atoms with Crippen LogP contribution in [0.4, 0.5) is 0 Å². The molecule has 19 heavy (non-hydrogen) atoms. The summed E-state index contributed by atoms with van der Waals surface area (Å²) in [5, 5.41) is 18.5. The minimum atomic E-state index is -0.476. The molecule has 0 fully saturated rings. The summed E-state index contributed by atoms with van der Waals surface area (Å²) in [6.45, 7) is 4.60. The Kier molecular flexibility index (Phi) is 3.31. The summed E-state index contributed by atoms with van der Waals surface area (Å²) in [6, 6.07) is 9.87. The Labute approximate surface area is 112 Å². The SMILES string of the molecule is CC(C(O)c1ccccc1)N1CCn2cnnc2C1. The molecule has 0 aliphatic carbocycles. The fourth-order valence-corrected chi connectivity index (χ4v) is 2.56. The van der Waals surface area contributed by atoms with Crippen LogP contribution in [0, 0.1) is 0 Å². The van der Waals surface area contributed by atoms with Crippen molar-refractivity contribution >= 4 is 0 Å². The number of nitrogens with zero attached hydrogens (tertiary/aromatic N) is 4. The van der Waals surface area contributed by atoms with E-state index in [1.165, 1.54) is 0 Å². The first-order chi connectivity index (χ1) is 9.25. The lowest BCUT2D eigenvalue weighted by atomic mass is 10.0. The molecule has 1 aliphatic heterocycles. The number of benzene rings is 1. The molecule has 1 aromatic carbocycles. The number of hydrogen-bond acceptors (Lipinski definition) is 4. The van der Waals surface area contributed by atoms with Gasteiger partial charge in [0, 0.05) is 19.1 Å². The van der Waals surface area contributed by atoms with E-state index >= 15 is 0 Å². The van der Waals surface area contributed by atoms with Crippen LogP contribution in [0.2, 0.25) is 0 Å². The van der Waals surface area contributed by atoms with E-state index in [1.54, 1.807) is 6.33 Å². The number of aromatic nitrogens is 3. The third kappa shape index (κ3) is 2.39. The highest BCUT2D eigenvalue weighted by Crippen LogP contribution is 2.23. The summed E-state index contributed by atoms with van der Waals surface area (Å²) in [5.41, 5.74) is 0.960. The summed E-state index contributed by atoms with van der Waals surface area (Å²) in [5.74, 6) is 0.971. The van der Waals surface area contributed by atoms with Gasteiger partial charge in [0.15, 0.2) is 0 Å². The molecule has 1 N–H and O–H groups in total. The van der Waals surface area contributed by atoms with Crippen molar-refractivity contribution in [2.75, 3.05) is 6.54 Å². The molecule has 2 atom stereocenters. The van der Waals surface area contributed by atoms with E-state index < -0.39 is 6.10 Å². The van der Waals surface area contributed by atoms with Crippen LogP contribution < -0.4 is 0 Å². The van der Waals surface area contributed by atoms with Gasteiger partial charge in [0.2, 0.25) is 0 Å². The van der Waals surface area contributed by atoms with Gasteiger partial charge in [-0.2, -0.15) is 0 Å². The van der Waals surface area contributed by atoms with Gasteiger partial charge in [-0.3, -0.25) is 4.90 Å². The molecule has 1 aromatic heterocycles. The lowest BCUT2D eigenvalue weighted by Gasteiger charge is -2.35. The molecule has 2 unspecified atom stereocenters. The monoisotopic (exact) mass is 258 g/mol. The fraction of sp³-hybridized carbons (Fsp3) is 0.429. The van der Waals surface area contributed by atoms with Crippen LogP contribution in [-0.2, 0) is 13.1 Å². The van der Waals surface area contributed by atoms with Crippen molar-refractivity contribution in [2.24, 2.45) is 0 Å². The van der Waals surface area contributed by atoms with E-state index in [1.807, 2.05) is 30.3 Å². The van der Waals surface area contributed by atoms with E-state index in [0.29, 0.717) is 0 Å². The lowest BCUT2D eigenvalue weighted by molar-refractivity contribution is 0.0416. The predicted octanol–water partition coefficient (Wildman–Crippen LogP) is 1.22. The molecule has 0 saturated heterocycles. The first kappa shape index (κ1) is 12.3. The van der Waals surface area contributed by atoms with E-state index in [4.69, 9.17) is 0 Å². The van der Waals surface area contributed by atoms with Crippen molar-refractivity contribution in [3.63, 3.8) is 0 Å². The Bertz CT molecular complexity index is 539. The van der Waals surface area contributed by atoms with Gasteiger partial charge >= 0.3 is 0 Å². The van der Waals surface area contributed by atoms with Gasteiger partial charge < -0.3 is 9.67 Å². The molecule has 0 amide bonds. The van der Waals surface area contributed by atoms with Crippen molar-refractivity contribution in [3.05, 3.63) is 48.0 Å². The second-order valence-electron chi connectivity index (χ2n) is 5.01. The van der Waals surface area contributed by atoms with Crippen LogP contribution in [0.1, 0.15) is 24.4 Å². The summed E-state index contributed by atoms with van der Waals surface area (Å²) >= 11 is 0. The molecule has 1 aliphatic rings. The van der Waals surface area contributed by atoms with Crippen molar-refractivity contribution in [1.29, 1.82) is 0 Å². The molecular weight excluding hydrogens is 240 g/mol. The molecule has 2 aromatic rings. The Hall–Kier alpha value is -1.72. The summed E-state index contributed by atoms with van der Waals surface area (Å²) in [6.07, 6.45) is 1.29. The number of aliphatic hydroxyl groups excluding tert-OH is 1. The standard InChI is InChI=1S/C14H18N4O/c1-11(14(19)12-5-3-2-4-6-12)17-7-8-18-10-15-16-13(18)9-17/h2-6,10-11,14,19H,7-9H2,1H3. The van der Waals surface area contributed by atoms with Crippen molar-refractivity contribution in [2.45, 2.75) is 32.2 Å². The zero-order valence-corrected chi connectivity index (χ0v) is 11.0. The molecule has 5 nitrogen and oxygen atoms in total. The predicted molar refractivity (Wildman–Crippen MR) is 71.3 cm³/mol. The Morgan fingerprint density at radius 2 is 2.00 bits per heavy atom. The molecule has 0 saturated carbocycles. The topological polar surface area (TPSA) is 54.2 Å². The van der Waals surface area contributed by atoms with E-state index in [0.717, 1.165) is 31.0 Å². The van der Waals surface area contributed by atoms with Crippen LogP contribution in [0.25, 0.3) is 0 Å². The highest BCUT2D eigenvalue weighted by atomic mass is 16.3. The third-order valence-corrected chi connectivity index (χ3v) is 3.84. The van der Waals surface area contributed by atoms with Gasteiger partial charge in [-0.25, -0.2) is 0 Å². The van der Waals surface area contributed by atoms with Gasteiger partial charge in [0.1, 0.15) is 12.2 Å².